The van der Waals surface area contributed by atoms with Crippen molar-refractivity contribution < 1.29 is 0 Å². The molecule has 1 aromatic rings. The van der Waals surface area contributed by atoms with E-state index in [-0.39, 0.29) is 0 Å². The molecule has 11 heavy (non-hydrogen) atoms. The van der Waals surface area contributed by atoms with E-state index in [0.717, 1.165) is 31.3 Å². The number of halogens is 1. The Bertz CT molecular complexity index is 270. The number of rotatable bonds is 0. The fourth-order valence-corrected chi connectivity index (χ4v) is 1.79. The second kappa shape index (κ2) is 2.71. The standard InChI is InChI=1S/C6H9IN4/c1-5-8-9-6-4-10(7)2-3-11(5)6/h2-4H2,1H3. The highest BCUT2D eigenvalue weighted by molar-refractivity contribution is 14.1. The van der Waals surface area contributed by atoms with Gasteiger partial charge in [-0.3, -0.25) is 0 Å². The summed E-state index contributed by atoms with van der Waals surface area (Å²) in [6, 6.07) is 0. The normalized spacial score (nSPS) is 18.4. The van der Waals surface area contributed by atoms with E-state index in [2.05, 4.69) is 40.7 Å². The molecule has 0 radical (unpaired) electrons. The lowest BCUT2D eigenvalue weighted by molar-refractivity contribution is 0.391. The monoisotopic (exact) mass is 264 g/mol. The van der Waals surface area contributed by atoms with Crippen molar-refractivity contribution in [3.05, 3.63) is 11.6 Å². The van der Waals surface area contributed by atoms with Gasteiger partial charge in [-0.25, -0.2) is 3.11 Å². The van der Waals surface area contributed by atoms with Crippen LogP contribution in [-0.4, -0.2) is 24.4 Å². The average Bonchev–Trinajstić information content (AvgIpc) is 2.32. The Morgan fingerprint density at radius 2 is 2.18 bits per heavy atom. The predicted octanol–water partition coefficient (Wildman–Crippen LogP) is 0.752. The summed E-state index contributed by atoms with van der Waals surface area (Å²) < 4.78 is 4.40. The van der Waals surface area contributed by atoms with E-state index in [9.17, 15) is 0 Å². The number of fused-ring (bicyclic) bond motifs is 1. The highest BCUT2D eigenvalue weighted by Crippen LogP contribution is 2.14. The lowest BCUT2D eigenvalue weighted by atomic mass is 10.4. The molecule has 1 aliphatic rings. The molecule has 0 unspecified atom stereocenters. The second-order valence-corrected chi connectivity index (χ2v) is 4.02. The number of aromatic nitrogens is 3. The Morgan fingerprint density at radius 3 is 3.00 bits per heavy atom. The van der Waals surface area contributed by atoms with E-state index in [1.165, 1.54) is 0 Å². The molecular weight excluding hydrogens is 255 g/mol. The largest absolute Gasteiger partial charge is 0.313 e. The van der Waals surface area contributed by atoms with Gasteiger partial charge in [0.15, 0.2) is 0 Å². The zero-order valence-electron chi connectivity index (χ0n) is 6.29. The molecule has 60 valence electrons. The first kappa shape index (κ1) is 7.48. The SMILES string of the molecule is Cc1nnc2n1CCN(I)C2. The third-order valence-corrected chi connectivity index (χ3v) is 2.72. The van der Waals surface area contributed by atoms with Gasteiger partial charge in [-0.1, -0.05) is 0 Å². The molecule has 2 rings (SSSR count). The van der Waals surface area contributed by atoms with Crippen LogP contribution >= 0.6 is 22.9 Å². The van der Waals surface area contributed by atoms with Crippen molar-refractivity contribution in [2.75, 3.05) is 6.54 Å². The van der Waals surface area contributed by atoms with Crippen LogP contribution in [0, 0.1) is 6.92 Å². The van der Waals surface area contributed by atoms with Gasteiger partial charge >= 0.3 is 0 Å². The van der Waals surface area contributed by atoms with Gasteiger partial charge in [0.05, 0.1) is 6.54 Å². The van der Waals surface area contributed by atoms with Crippen LogP contribution < -0.4 is 0 Å². The minimum absolute atomic E-state index is 0.918. The molecule has 0 saturated carbocycles. The van der Waals surface area contributed by atoms with E-state index < -0.39 is 0 Å². The quantitative estimate of drug-likeness (QED) is 0.512. The Labute approximate surface area is 79.1 Å². The minimum atomic E-state index is 0.918. The van der Waals surface area contributed by atoms with Crippen molar-refractivity contribution in [2.45, 2.75) is 20.0 Å². The lowest BCUT2D eigenvalue weighted by Gasteiger charge is -2.21. The van der Waals surface area contributed by atoms with Crippen LogP contribution in [0.15, 0.2) is 0 Å². The predicted molar refractivity (Wildman–Crippen MR) is 49.2 cm³/mol. The molecule has 0 spiro atoms. The van der Waals surface area contributed by atoms with Crippen molar-refractivity contribution >= 4 is 22.9 Å². The van der Waals surface area contributed by atoms with Crippen LogP contribution in [0.25, 0.3) is 0 Å². The molecule has 0 aromatic carbocycles. The molecule has 0 atom stereocenters. The molecular formula is C6H9IN4. The maximum Gasteiger partial charge on any atom is 0.148 e. The minimum Gasteiger partial charge on any atom is -0.313 e. The smallest absolute Gasteiger partial charge is 0.148 e. The van der Waals surface area contributed by atoms with Crippen LogP contribution in [0.5, 0.6) is 0 Å². The zero-order chi connectivity index (χ0) is 7.84. The van der Waals surface area contributed by atoms with E-state index in [4.69, 9.17) is 0 Å². The summed E-state index contributed by atoms with van der Waals surface area (Å²) in [4.78, 5) is 0. The molecule has 0 saturated heterocycles. The summed E-state index contributed by atoms with van der Waals surface area (Å²) >= 11 is 2.32. The Morgan fingerprint density at radius 1 is 1.36 bits per heavy atom. The molecule has 0 aliphatic carbocycles. The Hall–Kier alpha value is -0.170. The summed E-state index contributed by atoms with van der Waals surface area (Å²) in [5.41, 5.74) is 0. The van der Waals surface area contributed by atoms with Gasteiger partial charge in [-0.05, 0) is 6.92 Å². The molecule has 0 fully saturated rings. The van der Waals surface area contributed by atoms with Gasteiger partial charge in [0, 0.05) is 36.0 Å². The van der Waals surface area contributed by atoms with E-state index in [1.54, 1.807) is 0 Å². The van der Waals surface area contributed by atoms with Gasteiger partial charge in [0.2, 0.25) is 0 Å². The first-order valence-corrected chi connectivity index (χ1v) is 4.53. The second-order valence-electron chi connectivity index (χ2n) is 2.66. The third kappa shape index (κ3) is 1.26. The van der Waals surface area contributed by atoms with Gasteiger partial charge in [-0.2, -0.15) is 0 Å². The van der Waals surface area contributed by atoms with Crippen LogP contribution in [0.2, 0.25) is 0 Å². The van der Waals surface area contributed by atoms with Gasteiger partial charge in [0.25, 0.3) is 0 Å². The van der Waals surface area contributed by atoms with E-state index >= 15 is 0 Å². The summed E-state index contributed by atoms with van der Waals surface area (Å²) in [6.07, 6.45) is 0. The molecule has 4 nitrogen and oxygen atoms in total. The van der Waals surface area contributed by atoms with Crippen LogP contribution in [-0.2, 0) is 13.1 Å². The Balaban J connectivity index is 2.36. The molecule has 1 aromatic heterocycles. The van der Waals surface area contributed by atoms with E-state index in [0.29, 0.717) is 0 Å². The number of nitrogens with zero attached hydrogens (tertiary/aromatic N) is 4. The van der Waals surface area contributed by atoms with Crippen molar-refractivity contribution in [1.29, 1.82) is 0 Å². The number of hydrogen-bond acceptors (Lipinski definition) is 3. The first-order valence-electron chi connectivity index (χ1n) is 3.57. The van der Waals surface area contributed by atoms with E-state index in [1.807, 2.05) is 6.92 Å². The topological polar surface area (TPSA) is 34.0 Å². The maximum absolute atomic E-state index is 4.07. The van der Waals surface area contributed by atoms with Crippen LogP contribution in [0.3, 0.4) is 0 Å². The third-order valence-electron chi connectivity index (χ3n) is 1.89. The molecule has 0 bridgehead atoms. The highest BCUT2D eigenvalue weighted by Gasteiger charge is 2.16. The lowest BCUT2D eigenvalue weighted by Crippen LogP contribution is -2.26. The number of hydrogen-bond donors (Lipinski definition) is 0. The Kier molecular flexibility index (Phi) is 1.84. The van der Waals surface area contributed by atoms with Gasteiger partial charge in [-0.15, -0.1) is 10.2 Å². The summed E-state index contributed by atoms with van der Waals surface area (Å²) in [5, 5.41) is 8.09. The first-order chi connectivity index (χ1) is 5.27. The fraction of sp³-hybridized carbons (Fsp3) is 0.667. The molecule has 1 aliphatic heterocycles. The fourth-order valence-electron chi connectivity index (χ4n) is 1.27. The van der Waals surface area contributed by atoms with Crippen LogP contribution in [0.1, 0.15) is 11.6 Å². The van der Waals surface area contributed by atoms with Crippen molar-refractivity contribution in [2.24, 2.45) is 0 Å². The van der Waals surface area contributed by atoms with Gasteiger partial charge in [0.1, 0.15) is 11.6 Å². The molecule has 2 heterocycles. The van der Waals surface area contributed by atoms with Crippen LogP contribution in [0.4, 0.5) is 0 Å². The zero-order valence-corrected chi connectivity index (χ0v) is 8.45. The van der Waals surface area contributed by atoms with Gasteiger partial charge < -0.3 is 4.57 Å². The molecule has 0 N–H and O–H groups in total. The summed E-state index contributed by atoms with van der Waals surface area (Å²) in [6.45, 7) is 5.03. The number of aryl methyl sites for hydroxylation is 1. The highest BCUT2D eigenvalue weighted by atomic mass is 127. The van der Waals surface area contributed by atoms with Crippen molar-refractivity contribution in [3.8, 4) is 0 Å². The molecule has 5 heteroatoms. The maximum atomic E-state index is 4.07. The van der Waals surface area contributed by atoms with Crippen molar-refractivity contribution in [1.82, 2.24) is 17.9 Å². The summed E-state index contributed by atoms with van der Waals surface area (Å²) in [7, 11) is 0. The van der Waals surface area contributed by atoms with Crippen molar-refractivity contribution in [3.63, 3.8) is 0 Å². The molecule has 0 amide bonds. The average molecular weight is 264 g/mol. The summed E-state index contributed by atoms with van der Waals surface area (Å²) in [5.74, 6) is 2.12.